The molecule has 0 aromatic heterocycles. The quantitative estimate of drug-likeness (QED) is 0.575. The molecule has 0 unspecified atom stereocenters. The fraction of sp³-hybridized carbons (Fsp3) is 0.889. The molecular weight excluding hydrogens is 250 g/mol. The van der Waals surface area contributed by atoms with Crippen LogP contribution in [0.3, 0.4) is 0 Å². The van der Waals surface area contributed by atoms with Gasteiger partial charge in [-0.25, -0.2) is 0 Å². The van der Waals surface area contributed by atoms with Crippen molar-refractivity contribution >= 4 is 33.6 Å². The number of unbranched alkanes of at least 4 members (excludes halogenated alkanes) is 1. The molecule has 1 fully saturated rings. The number of thioether (sulfide) groups is 1. The van der Waals surface area contributed by atoms with E-state index in [0.29, 0.717) is 11.7 Å². The van der Waals surface area contributed by atoms with Crippen LogP contribution in [0.25, 0.3) is 0 Å². The molecular formula is C9H16BrNOS. The number of amides is 1. The Morgan fingerprint density at radius 2 is 2.23 bits per heavy atom. The lowest BCUT2D eigenvalue weighted by Gasteiger charge is -2.30. The van der Waals surface area contributed by atoms with E-state index in [-0.39, 0.29) is 4.87 Å². The maximum absolute atomic E-state index is 11.5. The van der Waals surface area contributed by atoms with Crippen molar-refractivity contribution in [3.63, 3.8) is 0 Å². The number of hydrogen-bond donors (Lipinski definition) is 0. The number of hydrogen-bond acceptors (Lipinski definition) is 2. The zero-order valence-electron chi connectivity index (χ0n) is 8.18. The molecule has 76 valence electrons. The summed E-state index contributed by atoms with van der Waals surface area (Å²) >= 11 is 5.13. The summed E-state index contributed by atoms with van der Waals surface area (Å²) in [6.07, 6.45) is 2.24. The van der Waals surface area contributed by atoms with Crippen LogP contribution in [-0.4, -0.2) is 33.3 Å². The average molecular weight is 266 g/mol. The molecule has 1 rings (SSSR count). The van der Waals surface area contributed by atoms with E-state index in [1.54, 1.807) is 11.8 Å². The van der Waals surface area contributed by atoms with Crippen molar-refractivity contribution in [2.24, 2.45) is 0 Å². The van der Waals surface area contributed by atoms with Crippen LogP contribution in [0.5, 0.6) is 0 Å². The third-order valence-electron chi connectivity index (χ3n) is 2.27. The maximum Gasteiger partial charge on any atom is 0.233 e. The van der Waals surface area contributed by atoms with Crippen molar-refractivity contribution in [3.8, 4) is 0 Å². The van der Waals surface area contributed by atoms with Crippen LogP contribution in [0.1, 0.15) is 26.7 Å². The lowest BCUT2D eigenvalue weighted by Crippen LogP contribution is -2.40. The first-order valence-corrected chi connectivity index (χ1v) is 6.69. The third kappa shape index (κ3) is 2.88. The van der Waals surface area contributed by atoms with Crippen LogP contribution in [0.2, 0.25) is 0 Å². The molecule has 0 aliphatic carbocycles. The lowest BCUT2D eigenvalue weighted by molar-refractivity contribution is -0.129. The number of nitrogens with zero attached hydrogens (tertiary/aromatic N) is 1. The van der Waals surface area contributed by atoms with Gasteiger partial charge in [0.1, 0.15) is 0 Å². The summed E-state index contributed by atoms with van der Waals surface area (Å²) < 4.78 is 0. The number of halogens is 1. The van der Waals surface area contributed by atoms with E-state index in [9.17, 15) is 4.79 Å². The minimum atomic E-state index is 0.0173. The van der Waals surface area contributed by atoms with Crippen LogP contribution in [0.15, 0.2) is 0 Å². The zero-order valence-corrected chi connectivity index (χ0v) is 10.6. The van der Waals surface area contributed by atoms with Gasteiger partial charge >= 0.3 is 0 Å². The van der Waals surface area contributed by atoms with Crippen LogP contribution in [0.4, 0.5) is 0 Å². The highest BCUT2D eigenvalue weighted by atomic mass is 79.9. The van der Waals surface area contributed by atoms with Gasteiger partial charge < -0.3 is 4.90 Å². The average Bonchev–Trinajstić information content (AvgIpc) is 2.31. The van der Waals surface area contributed by atoms with E-state index in [2.05, 4.69) is 29.8 Å². The Hall–Kier alpha value is 0.300. The standard InChI is InChI=1S/C9H16BrNOS/c1-9(2)11(6-4-3-5-10)8(12)7-13-9/h3-7H2,1-2H3. The predicted molar refractivity (Wildman–Crippen MR) is 61.3 cm³/mol. The molecule has 0 spiro atoms. The summed E-state index contributed by atoms with van der Waals surface area (Å²) in [5.74, 6) is 0.950. The van der Waals surface area contributed by atoms with E-state index in [1.165, 1.54) is 0 Å². The van der Waals surface area contributed by atoms with Crippen LogP contribution < -0.4 is 0 Å². The Bertz CT molecular complexity index is 196. The SMILES string of the molecule is CC1(C)SCC(=O)N1CCCCBr. The normalized spacial score (nSPS) is 21.2. The van der Waals surface area contributed by atoms with Gasteiger partial charge in [-0.15, -0.1) is 11.8 Å². The first-order chi connectivity index (χ1) is 6.08. The van der Waals surface area contributed by atoms with Crippen LogP contribution in [0, 0.1) is 0 Å². The summed E-state index contributed by atoms with van der Waals surface area (Å²) in [5, 5.41) is 1.03. The monoisotopic (exact) mass is 265 g/mol. The number of carbonyl (C=O) groups excluding carboxylic acids is 1. The summed E-state index contributed by atoms with van der Waals surface area (Å²) in [6.45, 7) is 5.15. The Morgan fingerprint density at radius 1 is 1.54 bits per heavy atom. The van der Waals surface area contributed by atoms with Crippen molar-refractivity contribution in [3.05, 3.63) is 0 Å². The first-order valence-electron chi connectivity index (χ1n) is 4.58. The number of alkyl halides is 1. The minimum Gasteiger partial charge on any atom is -0.328 e. The summed E-state index contributed by atoms with van der Waals surface area (Å²) in [6, 6.07) is 0. The fourth-order valence-electron chi connectivity index (χ4n) is 1.45. The van der Waals surface area contributed by atoms with Gasteiger partial charge in [-0.3, -0.25) is 4.79 Å². The van der Waals surface area contributed by atoms with Crippen molar-refractivity contribution in [1.82, 2.24) is 4.90 Å². The number of rotatable bonds is 4. The Morgan fingerprint density at radius 3 is 2.69 bits per heavy atom. The molecule has 0 saturated carbocycles. The van der Waals surface area contributed by atoms with E-state index in [1.807, 2.05) is 4.90 Å². The van der Waals surface area contributed by atoms with E-state index >= 15 is 0 Å². The predicted octanol–water partition coefficient (Wildman–Crippen LogP) is 2.47. The summed E-state index contributed by atoms with van der Waals surface area (Å²) in [7, 11) is 0. The highest BCUT2D eigenvalue weighted by molar-refractivity contribution is 9.09. The molecule has 2 nitrogen and oxygen atoms in total. The van der Waals surface area contributed by atoms with Gasteiger partial charge in [0.25, 0.3) is 0 Å². The Kier molecular flexibility index (Phi) is 4.10. The molecule has 1 aliphatic heterocycles. The number of carbonyl (C=O) groups is 1. The molecule has 0 atom stereocenters. The molecule has 0 radical (unpaired) electrons. The van der Waals surface area contributed by atoms with Gasteiger partial charge in [0.05, 0.1) is 10.6 Å². The molecule has 4 heteroatoms. The third-order valence-corrected chi connectivity index (χ3v) is 4.14. The van der Waals surface area contributed by atoms with Crippen molar-refractivity contribution in [2.45, 2.75) is 31.6 Å². The molecule has 1 heterocycles. The second-order valence-electron chi connectivity index (χ2n) is 3.68. The van der Waals surface area contributed by atoms with Gasteiger partial charge in [0.15, 0.2) is 0 Å². The van der Waals surface area contributed by atoms with Crippen molar-refractivity contribution in [1.29, 1.82) is 0 Å². The molecule has 0 aromatic rings. The van der Waals surface area contributed by atoms with E-state index in [0.717, 1.165) is 24.7 Å². The fourth-order valence-corrected chi connectivity index (χ4v) is 2.83. The topological polar surface area (TPSA) is 20.3 Å². The molecule has 0 bridgehead atoms. The highest BCUT2D eigenvalue weighted by Gasteiger charge is 2.37. The van der Waals surface area contributed by atoms with E-state index < -0.39 is 0 Å². The van der Waals surface area contributed by atoms with Crippen molar-refractivity contribution in [2.75, 3.05) is 17.6 Å². The van der Waals surface area contributed by atoms with E-state index in [4.69, 9.17) is 0 Å². The molecule has 1 amide bonds. The Labute approximate surface area is 92.6 Å². The Balaban J connectivity index is 2.41. The van der Waals surface area contributed by atoms with Crippen LogP contribution in [-0.2, 0) is 4.79 Å². The summed E-state index contributed by atoms with van der Waals surface area (Å²) in [4.78, 5) is 13.5. The highest BCUT2D eigenvalue weighted by Crippen LogP contribution is 2.35. The van der Waals surface area contributed by atoms with Gasteiger partial charge in [0, 0.05) is 11.9 Å². The maximum atomic E-state index is 11.5. The first kappa shape index (κ1) is 11.4. The zero-order chi connectivity index (χ0) is 9.90. The second kappa shape index (κ2) is 4.69. The molecule has 0 aromatic carbocycles. The second-order valence-corrected chi connectivity index (χ2v) is 6.05. The minimum absolute atomic E-state index is 0.0173. The van der Waals surface area contributed by atoms with Gasteiger partial charge in [-0.1, -0.05) is 15.9 Å². The molecule has 1 aliphatic rings. The lowest BCUT2D eigenvalue weighted by atomic mass is 10.2. The molecule has 0 N–H and O–H groups in total. The van der Waals surface area contributed by atoms with Crippen LogP contribution >= 0.6 is 27.7 Å². The summed E-state index contributed by atoms with van der Waals surface area (Å²) in [5.41, 5.74) is 0. The van der Waals surface area contributed by atoms with Gasteiger partial charge in [-0.05, 0) is 26.7 Å². The van der Waals surface area contributed by atoms with Crippen molar-refractivity contribution < 1.29 is 4.79 Å². The smallest absolute Gasteiger partial charge is 0.233 e. The van der Waals surface area contributed by atoms with Gasteiger partial charge in [-0.2, -0.15) is 0 Å². The largest absolute Gasteiger partial charge is 0.328 e. The molecule has 1 saturated heterocycles. The molecule has 13 heavy (non-hydrogen) atoms. The van der Waals surface area contributed by atoms with Gasteiger partial charge in [0.2, 0.25) is 5.91 Å².